The largest absolute Gasteiger partial charge is 0.389 e. The van der Waals surface area contributed by atoms with E-state index in [1.807, 2.05) is 18.2 Å². The summed E-state index contributed by atoms with van der Waals surface area (Å²) >= 11 is 0. The van der Waals surface area contributed by atoms with Crippen LogP contribution in [0.15, 0.2) is 30.3 Å². The van der Waals surface area contributed by atoms with Gasteiger partial charge in [-0.15, -0.1) is 0 Å². The van der Waals surface area contributed by atoms with Crippen LogP contribution in [0.5, 0.6) is 0 Å². The van der Waals surface area contributed by atoms with Gasteiger partial charge in [-0.05, 0) is 18.4 Å². The summed E-state index contributed by atoms with van der Waals surface area (Å²) in [6.07, 6.45) is 4.12. The molecule has 0 radical (unpaired) electrons. The zero-order valence-corrected chi connectivity index (χ0v) is 10.6. The lowest BCUT2D eigenvalue weighted by molar-refractivity contribution is 0.0616. The Labute approximate surface area is 104 Å². The Kier molecular flexibility index (Phi) is 4.19. The second kappa shape index (κ2) is 5.65. The van der Waals surface area contributed by atoms with E-state index >= 15 is 0 Å². The SMILES string of the molecule is CCCC[C@]1(O)C[C@H]1COCc1ccccc1. The van der Waals surface area contributed by atoms with Gasteiger partial charge in [0.25, 0.3) is 0 Å². The van der Waals surface area contributed by atoms with E-state index in [-0.39, 0.29) is 0 Å². The highest BCUT2D eigenvalue weighted by molar-refractivity contribution is 5.13. The molecule has 0 unspecified atom stereocenters. The number of rotatable bonds is 7. The van der Waals surface area contributed by atoms with Crippen molar-refractivity contribution in [1.29, 1.82) is 0 Å². The van der Waals surface area contributed by atoms with E-state index in [1.54, 1.807) is 0 Å². The highest BCUT2D eigenvalue weighted by atomic mass is 16.5. The molecule has 94 valence electrons. The predicted octanol–water partition coefficient (Wildman–Crippen LogP) is 3.14. The molecule has 1 aliphatic rings. The highest BCUT2D eigenvalue weighted by Crippen LogP contribution is 2.47. The number of hydrogen-bond donors (Lipinski definition) is 1. The standard InChI is InChI=1S/C15H22O2/c1-2-3-9-15(16)10-14(15)12-17-11-13-7-5-4-6-8-13/h4-8,14,16H,2-3,9-12H2,1H3/t14-,15-/m0/s1. The van der Waals surface area contributed by atoms with Crippen molar-refractivity contribution in [3.8, 4) is 0 Å². The highest BCUT2D eigenvalue weighted by Gasteiger charge is 2.51. The average Bonchev–Trinajstić information content (AvgIpc) is 3.00. The van der Waals surface area contributed by atoms with Crippen LogP contribution < -0.4 is 0 Å². The van der Waals surface area contributed by atoms with Gasteiger partial charge in [0.15, 0.2) is 0 Å². The molecule has 1 fully saturated rings. The molecule has 1 aromatic rings. The molecular weight excluding hydrogens is 212 g/mol. The molecule has 17 heavy (non-hydrogen) atoms. The molecule has 0 spiro atoms. The zero-order chi connectivity index (χ0) is 12.1. The predicted molar refractivity (Wildman–Crippen MR) is 68.7 cm³/mol. The maximum Gasteiger partial charge on any atom is 0.0717 e. The third-order valence-corrected chi connectivity index (χ3v) is 3.59. The minimum atomic E-state index is -0.410. The fraction of sp³-hybridized carbons (Fsp3) is 0.600. The van der Waals surface area contributed by atoms with Gasteiger partial charge in [-0.3, -0.25) is 0 Å². The Morgan fingerprint density at radius 2 is 2.12 bits per heavy atom. The fourth-order valence-corrected chi connectivity index (χ4v) is 2.26. The van der Waals surface area contributed by atoms with Crippen LogP contribution in [-0.2, 0) is 11.3 Å². The van der Waals surface area contributed by atoms with E-state index in [9.17, 15) is 5.11 Å². The number of ether oxygens (including phenoxy) is 1. The molecule has 2 heteroatoms. The molecule has 2 atom stereocenters. The molecule has 0 saturated heterocycles. The summed E-state index contributed by atoms with van der Waals surface area (Å²) in [7, 11) is 0. The van der Waals surface area contributed by atoms with Gasteiger partial charge in [0.05, 0.1) is 18.8 Å². The van der Waals surface area contributed by atoms with E-state index < -0.39 is 5.60 Å². The monoisotopic (exact) mass is 234 g/mol. The van der Waals surface area contributed by atoms with Crippen LogP contribution in [-0.4, -0.2) is 17.3 Å². The van der Waals surface area contributed by atoms with Gasteiger partial charge in [0.1, 0.15) is 0 Å². The Balaban J connectivity index is 1.64. The first-order valence-corrected chi connectivity index (χ1v) is 6.58. The van der Waals surface area contributed by atoms with Crippen molar-refractivity contribution < 1.29 is 9.84 Å². The summed E-state index contributed by atoms with van der Waals surface area (Å²) in [5.41, 5.74) is 0.789. The second-order valence-corrected chi connectivity index (χ2v) is 5.11. The van der Waals surface area contributed by atoms with Gasteiger partial charge in [-0.25, -0.2) is 0 Å². The molecule has 1 aromatic carbocycles. The Hall–Kier alpha value is -0.860. The van der Waals surface area contributed by atoms with Crippen LogP contribution in [0.2, 0.25) is 0 Å². The lowest BCUT2D eigenvalue weighted by Gasteiger charge is -2.10. The zero-order valence-electron chi connectivity index (χ0n) is 10.6. The van der Waals surface area contributed by atoms with Gasteiger partial charge in [0, 0.05) is 5.92 Å². The van der Waals surface area contributed by atoms with Crippen molar-refractivity contribution >= 4 is 0 Å². The summed E-state index contributed by atoms with van der Waals surface area (Å²) in [4.78, 5) is 0. The molecule has 0 aromatic heterocycles. The first-order valence-electron chi connectivity index (χ1n) is 6.58. The molecule has 2 rings (SSSR count). The molecule has 0 heterocycles. The van der Waals surface area contributed by atoms with Crippen molar-refractivity contribution in [2.45, 2.75) is 44.8 Å². The molecule has 0 bridgehead atoms. The molecule has 0 aliphatic heterocycles. The van der Waals surface area contributed by atoms with E-state index in [4.69, 9.17) is 4.74 Å². The molecule has 1 aliphatic carbocycles. The van der Waals surface area contributed by atoms with Gasteiger partial charge in [0.2, 0.25) is 0 Å². The molecule has 1 N–H and O–H groups in total. The van der Waals surface area contributed by atoms with Crippen LogP contribution >= 0.6 is 0 Å². The smallest absolute Gasteiger partial charge is 0.0717 e. The molecule has 0 amide bonds. The number of hydrogen-bond acceptors (Lipinski definition) is 2. The van der Waals surface area contributed by atoms with Crippen molar-refractivity contribution in [2.24, 2.45) is 5.92 Å². The van der Waals surface area contributed by atoms with Crippen LogP contribution in [0.25, 0.3) is 0 Å². The third-order valence-electron chi connectivity index (χ3n) is 3.59. The van der Waals surface area contributed by atoms with Gasteiger partial charge >= 0.3 is 0 Å². The Morgan fingerprint density at radius 3 is 2.82 bits per heavy atom. The van der Waals surface area contributed by atoms with E-state index in [0.717, 1.165) is 25.7 Å². The summed E-state index contributed by atoms with van der Waals surface area (Å²) < 4.78 is 5.66. The molecule has 2 nitrogen and oxygen atoms in total. The van der Waals surface area contributed by atoms with Gasteiger partial charge in [-0.2, -0.15) is 0 Å². The lowest BCUT2D eigenvalue weighted by Crippen LogP contribution is -2.13. The maximum atomic E-state index is 10.1. The van der Waals surface area contributed by atoms with Gasteiger partial charge in [-0.1, -0.05) is 50.1 Å². The normalized spacial score (nSPS) is 27.1. The van der Waals surface area contributed by atoms with E-state index in [0.29, 0.717) is 19.1 Å². The minimum absolute atomic E-state index is 0.359. The van der Waals surface area contributed by atoms with Gasteiger partial charge < -0.3 is 9.84 Å². The second-order valence-electron chi connectivity index (χ2n) is 5.11. The first kappa shape index (κ1) is 12.6. The van der Waals surface area contributed by atoms with E-state index in [1.165, 1.54) is 5.56 Å². The van der Waals surface area contributed by atoms with Crippen LogP contribution in [0.4, 0.5) is 0 Å². The first-order chi connectivity index (χ1) is 8.24. The topological polar surface area (TPSA) is 29.5 Å². The third kappa shape index (κ3) is 3.55. The lowest BCUT2D eigenvalue weighted by atomic mass is 10.1. The van der Waals surface area contributed by atoms with Crippen molar-refractivity contribution in [3.63, 3.8) is 0 Å². The minimum Gasteiger partial charge on any atom is -0.389 e. The van der Waals surface area contributed by atoms with E-state index in [2.05, 4.69) is 19.1 Å². The Bertz CT molecular complexity index is 336. The number of benzene rings is 1. The quantitative estimate of drug-likeness (QED) is 0.785. The summed E-state index contributed by atoms with van der Waals surface area (Å²) in [6.45, 7) is 3.50. The van der Waals surface area contributed by atoms with Crippen LogP contribution in [0.1, 0.15) is 38.2 Å². The van der Waals surface area contributed by atoms with Crippen LogP contribution in [0, 0.1) is 5.92 Å². The fourth-order valence-electron chi connectivity index (χ4n) is 2.26. The maximum absolute atomic E-state index is 10.1. The van der Waals surface area contributed by atoms with Crippen molar-refractivity contribution in [3.05, 3.63) is 35.9 Å². The average molecular weight is 234 g/mol. The number of aliphatic hydroxyl groups is 1. The number of unbranched alkanes of at least 4 members (excludes halogenated alkanes) is 1. The van der Waals surface area contributed by atoms with Crippen LogP contribution in [0.3, 0.4) is 0 Å². The molecular formula is C15H22O2. The van der Waals surface area contributed by atoms with Crippen molar-refractivity contribution in [1.82, 2.24) is 0 Å². The van der Waals surface area contributed by atoms with Crippen molar-refractivity contribution in [2.75, 3.05) is 6.61 Å². The summed E-state index contributed by atoms with van der Waals surface area (Å²) in [5.74, 6) is 0.359. The summed E-state index contributed by atoms with van der Waals surface area (Å²) in [5, 5.41) is 10.1. The molecule has 1 saturated carbocycles. The summed E-state index contributed by atoms with van der Waals surface area (Å²) in [6, 6.07) is 10.2. The Morgan fingerprint density at radius 1 is 1.35 bits per heavy atom.